The van der Waals surface area contributed by atoms with Gasteiger partial charge in [-0.2, -0.15) is 5.10 Å². The van der Waals surface area contributed by atoms with Gasteiger partial charge in [0, 0.05) is 17.3 Å². The molecule has 0 saturated carbocycles. The van der Waals surface area contributed by atoms with Crippen molar-refractivity contribution in [2.45, 2.75) is 18.9 Å². The van der Waals surface area contributed by atoms with Crippen LogP contribution in [0.5, 0.6) is 5.75 Å². The summed E-state index contributed by atoms with van der Waals surface area (Å²) in [6, 6.07) is 15.8. The van der Waals surface area contributed by atoms with Crippen LogP contribution in [-0.2, 0) is 15.1 Å². The number of esters is 1. The zero-order valence-electron chi connectivity index (χ0n) is 14.4. The molecule has 3 aromatic rings. The fourth-order valence-electron chi connectivity index (χ4n) is 2.86. The van der Waals surface area contributed by atoms with E-state index in [1.807, 2.05) is 30.3 Å². The molecule has 0 amide bonds. The number of phenols is 1. The molecule has 6 heteroatoms. The van der Waals surface area contributed by atoms with Crippen LogP contribution in [0.15, 0.2) is 67.0 Å². The summed E-state index contributed by atoms with van der Waals surface area (Å²) < 4.78 is 6.61. The first-order chi connectivity index (χ1) is 12.5. The van der Waals surface area contributed by atoms with Crippen LogP contribution >= 0.6 is 0 Å². The lowest BCUT2D eigenvalue weighted by Crippen LogP contribution is -2.31. The van der Waals surface area contributed by atoms with E-state index in [0.29, 0.717) is 5.56 Å². The Bertz CT molecular complexity index is 892. The van der Waals surface area contributed by atoms with Gasteiger partial charge in [0.2, 0.25) is 0 Å². The number of aliphatic hydroxyl groups is 1. The molecule has 2 N–H and O–H groups in total. The van der Waals surface area contributed by atoms with Crippen LogP contribution in [0.4, 0.5) is 0 Å². The van der Waals surface area contributed by atoms with Crippen molar-refractivity contribution in [2.75, 3.05) is 6.61 Å². The predicted octanol–water partition coefficient (Wildman–Crippen LogP) is 2.77. The molecule has 0 aliphatic carbocycles. The van der Waals surface area contributed by atoms with Crippen LogP contribution in [0, 0.1) is 0 Å². The summed E-state index contributed by atoms with van der Waals surface area (Å²) in [5.41, 5.74) is -0.337. The third-order valence-electron chi connectivity index (χ3n) is 4.14. The van der Waals surface area contributed by atoms with Crippen molar-refractivity contribution in [3.05, 3.63) is 78.1 Å². The molecule has 1 unspecified atom stereocenters. The average molecular weight is 352 g/mol. The molecule has 3 rings (SSSR count). The Morgan fingerprint density at radius 3 is 2.54 bits per heavy atom. The number of rotatable bonds is 6. The number of aromatic nitrogens is 2. The van der Waals surface area contributed by atoms with E-state index >= 15 is 0 Å². The second kappa shape index (κ2) is 7.41. The topological polar surface area (TPSA) is 84.6 Å². The van der Waals surface area contributed by atoms with Crippen molar-refractivity contribution in [2.24, 2.45) is 0 Å². The first-order valence-electron chi connectivity index (χ1n) is 8.31. The summed E-state index contributed by atoms with van der Waals surface area (Å²) in [6.07, 6.45) is 2.79. The number of aromatic hydroxyl groups is 1. The number of carbonyl (C=O) groups is 1. The molecule has 2 aromatic carbocycles. The van der Waals surface area contributed by atoms with E-state index < -0.39 is 11.6 Å². The highest BCUT2D eigenvalue weighted by Gasteiger charge is 2.38. The van der Waals surface area contributed by atoms with Crippen molar-refractivity contribution in [1.82, 2.24) is 9.78 Å². The van der Waals surface area contributed by atoms with Crippen molar-refractivity contribution >= 4 is 5.97 Å². The van der Waals surface area contributed by atoms with Gasteiger partial charge in [-0.1, -0.05) is 36.4 Å². The Labute approximate surface area is 151 Å². The lowest BCUT2D eigenvalue weighted by Gasteiger charge is -2.27. The van der Waals surface area contributed by atoms with E-state index in [-0.39, 0.29) is 24.3 Å². The standard InChI is InChI=1S/C20H20N2O4/c1-2-26-19(24)12-20(25,17-10-6-7-11-18(17)23)15-13-21-22(14-15)16-8-4-3-5-9-16/h3-11,13-14,23,25H,2,12H2,1H3. The lowest BCUT2D eigenvalue weighted by atomic mass is 9.84. The largest absolute Gasteiger partial charge is 0.508 e. The lowest BCUT2D eigenvalue weighted by molar-refractivity contribution is -0.147. The van der Waals surface area contributed by atoms with E-state index in [9.17, 15) is 15.0 Å². The van der Waals surface area contributed by atoms with E-state index in [4.69, 9.17) is 4.74 Å². The Morgan fingerprint density at radius 2 is 1.85 bits per heavy atom. The van der Waals surface area contributed by atoms with Crippen LogP contribution in [0.1, 0.15) is 24.5 Å². The predicted molar refractivity (Wildman–Crippen MR) is 95.9 cm³/mol. The van der Waals surface area contributed by atoms with Gasteiger partial charge in [-0.25, -0.2) is 4.68 Å². The molecule has 1 heterocycles. The van der Waals surface area contributed by atoms with Crippen molar-refractivity contribution in [1.29, 1.82) is 0 Å². The average Bonchev–Trinajstić information content (AvgIpc) is 3.14. The highest BCUT2D eigenvalue weighted by molar-refractivity contribution is 5.72. The molecule has 0 aliphatic heterocycles. The van der Waals surface area contributed by atoms with Gasteiger partial charge < -0.3 is 14.9 Å². The summed E-state index contributed by atoms with van der Waals surface area (Å²) in [5, 5.41) is 25.9. The Balaban J connectivity index is 2.05. The summed E-state index contributed by atoms with van der Waals surface area (Å²) in [5.74, 6) is -0.669. The van der Waals surface area contributed by atoms with Crippen LogP contribution in [-0.4, -0.2) is 32.6 Å². The molecule has 134 valence electrons. The van der Waals surface area contributed by atoms with E-state index in [2.05, 4.69) is 5.10 Å². The minimum atomic E-state index is -1.76. The van der Waals surface area contributed by atoms with Crippen molar-refractivity contribution < 1.29 is 19.7 Å². The molecule has 0 radical (unpaired) electrons. The van der Waals surface area contributed by atoms with Crippen LogP contribution < -0.4 is 0 Å². The number of ether oxygens (including phenoxy) is 1. The summed E-state index contributed by atoms with van der Waals surface area (Å²) in [4.78, 5) is 12.1. The molecule has 0 spiro atoms. The second-order valence-electron chi connectivity index (χ2n) is 5.87. The number of nitrogens with zero attached hydrogens (tertiary/aromatic N) is 2. The molecule has 1 atom stereocenters. The quantitative estimate of drug-likeness (QED) is 0.667. The van der Waals surface area contributed by atoms with Crippen LogP contribution in [0.25, 0.3) is 5.69 Å². The maximum absolute atomic E-state index is 12.1. The third kappa shape index (κ3) is 3.45. The number of phenolic OH excluding ortho intramolecular Hbond substituents is 1. The fourth-order valence-corrected chi connectivity index (χ4v) is 2.86. The van der Waals surface area contributed by atoms with Gasteiger partial charge >= 0.3 is 5.97 Å². The SMILES string of the molecule is CCOC(=O)CC(O)(c1cnn(-c2ccccc2)c1)c1ccccc1O. The highest BCUT2D eigenvalue weighted by Crippen LogP contribution is 2.38. The third-order valence-corrected chi connectivity index (χ3v) is 4.14. The minimum absolute atomic E-state index is 0.105. The minimum Gasteiger partial charge on any atom is -0.508 e. The highest BCUT2D eigenvalue weighted by atomic mass is 16.5. The van der Waals surface area contributed by atoms with Gasteiger partial charge in [0.05, 0.1) is 24.9 Å². The summed E-state index contributed by atoms with van der Waals surface area (Å²) >= 11 is 0. The molecular formula is C20H20N2O4. The first kappa shape index (κ1) is 17.7. The van der Waals surface area contributed by atoms with E-state index in [1.165, 1.54) is 12.3 Å². The normalized spacial score (nSPS) is 13.2. The van der Waals surface area contributed by atoms with Gasteiger partial charge in [-0.15, -0.1) is 0 Å². The van der Waals surface area contributed by atoms with Gasteiger partial charge in [-0.3, -0.25) is 4.79 Å². The van der Waals surface area contributed by atoms with Gasteiger partial charge in [0.25, 0.3) is 0 Å². The van der Waals surface area contributed by atoms with Gasteiger partial charge in [0.1, 0.15) is 11.4 Å². The number of hydrogen-bond donors (Lipinski definition) is 2. The molecule has 0 fully saturated rings. The van der Waals surface area contributed by atoms with Crippen LogP contribution in [0.3, 0.4) is 0 Å². The summed E-state index contributed by atoms with van der Waals surface area (Å²) in [7, 11) is 0. The second-order valence-corrected chi connectivity index (χ2v) is 5.87. The smallest absolute Gasteiger partial charge is 0.309 e. The molecule has 6 nitrogen and oxygen atoms in total. The van der Waals surface area contributed by atoms with Gasteiger partial charge in [0.15, 0.2) is 0 Å². The molecule has 1 aromatic heterocycles. The molecule has 0 saturated heterocycles. The van der Waals surface area contributed by atoms with Gasteiger partial charge in [-0.05, 0) is 25.1 Å². The van der Waals surface area contributed by atoms with Crippen molar-refractivity contribution in [3.63, 3.8) is 0 Å². The van der Waals surface area contributed by atoms with E-state index in [1.54, 1.807) is 36.0 Å². The van der Waals surface area contributed by atoms with Crippen LogP contribution in [0.2, 0.25) is 0 Å². The Kier molecular flexibility index (Phi) is 5.04. The maximum Gasteiger partial charge on any atom is 0.309 e. The summed E-state index contributed by atoms with van der Waals surface area (Å²) in [6.45, 7) is 1.91. The fraction of sp³-hybridized carbons (Fsp3) is 0.200. The first-order valence-corrected chi connectivity index (χ1v) is 8.31. The molecule has 0 aliphatic rings. The zero-order chi connectivity index (χ0) is 18.6. The molecule has 26 heavy (non-hydrogen) atoms. The Hall–Kier alpha value is -3.12. The van der Waals surface area contributed by atoms with E-state index in [0.717, 1.165) is 5.69 Å². The molecule has 0 bridgehead atoms. The number of carbonyl (C=O) groups excluding carboxylic acids is 1. The van der Waals surface area contributed by atoms with Crippen molar-refractivity contribution in [3.8, 4) is 11.4 Å². The number of para-hydroxylation sites is 2. The maximum atomic E-state index is 12.1. The number of hydrogen-bond acceptors (Lipinski definition) is 5. The molecular weight excluding hydrogens is 332 g/mol. The zero-order valence-corrected chi connectivity index (χ0v) is 14.4. The monoisotopic (exact) mass is 352 g/mol. The Morgan fingerprint density at radius 1 is 1.15 bits per heavy atom. The number of benzene rings is 2.